The van der Waals surface area contributed by atoms with Crippen molar-refractivity contribution in [1.82, 2.24) is 0 Å². The molecule has 0 saturated heterocycles. The molecular formula is C5H6F4O. The number of hydrogen-bond acceptors (Lipinski definition) is 1. The maximum absolute atomic E-state index is 12.3. The minimum Gasteiger partial charge on any atom is -0.251 e. The van der Waals surface area contributed by atoms with Crippen LogP contribution < -0.4 is 0 Å². The Bertz CT molecular complexity index is 126. The fourth-order valence-electron chi connectivity index (χ4n) is 0.268. The van der Waals surface area contributed by atoms with Gasteiger partial charge in [0.15, 0.2) is 0 Å². The molecular weight excluding hydrogens is 152 g/mol. The molecule has 5 heteroatoms. The van der Waals surface area contributed by atoms with Crippen LogP contribution in [0.3, 0.4) is 0 Å². The predicted molar refractivity (Wildman–Crippen MR) is 26.8 cm³/mol. The van der Waals surface area contributed by atoms with Crippen LogP contribution in [-0.2, 0) is 4.74 Å². The van der Waals surface area contributed by atoms with Crippen molar-refractivity contribution >= 4 is 0 Å². The van der Waals surface area contributed by atoms with E-state index in [-0.39, 0.29) is 0 Å². The summed E-state index contributed by atoms with van der Waals surface area (Å²) >= 11 is 0. The topological polar surface area (TPSA) is 9.23 Å². The first-order chi connectivity index (χ1) is 4.27. The Morgan fingerprint density at radius 2 is 1.70 bits per heavy atom. The van der Waals surface area contributed by atoms with Crippen LogP contribution in [0, 0.1) is 0 Å². The van der Waals surface area contributed by atoms with Crippen molar-refractivity contribution in [2.24, 2.45) is 0 Å². The Morgan fingerprint density at radius 3 is 1.80 bits per heavy atom. The molecule has 1 nitrogen and oxygen atoms in total. The minimum absolute atomic E-state index is 0.431. The van der Waals surface area contributed by atoms with Crippen LogP contribution in [0.4, 0.5) is 17.6 Å². The van der Waals surface area contributed by atoms with Crippen molar-refractivity contribution in [2.45, 2.75) is 19.1 Å². The van der Waals surface area contributed by atoms with Crippen molar-refractivity contribution in [3.05, 3.63) is 12.7 Å². The lowest BCUT2D eigenvalue weighted by molar-refractivity contribution is -0.377. The van der Waals surface area contributed by atoms with Crippen LogP contribution in [0.1, 0.15) is 6.92 Å². The molecule has 0 N–H and O–H groups in total. The minimum atomic E-state index is -4.96. The van der Waals surface area contributed by atoms with E-state index in [4.69, 9.17) is 0 Å². The number of alkyl halides is 4. The third-order valence-electron chi connectivity index (χ3n) is 0.680. The van der Waals surface area contributed by atoms with Crippen LogP contribution in [0.15, 0.2) is 12.7 Å². The van der Waals surface area contributed by atoms with Crippen molar-refractivity contribution in [3.63, 3.8) is 0 Å². The smallest absolute Gasteiger partial charge is 0.251 e. The van der Waals surface area contributed by atoms with Crippen molar-refractivity contribution in [3.8, 4) is 0 Å². The van der Waals surface area contributed by atoms with Gasteiger partial charge >= 0.3 is 6.36 Å². The maximum Gasteiger partial charge on any atom is 0.525 e. The van der Waals surface area contributed by atoms with Crippen LogP contribution in [-0.4, -0.2) is 12.2 Å². The lowest BCUT2D eigenvalue weighted by Crippen LogP contribution is -2.28. The fraction of sp³-hybridized carbons (Fsp3) is 0.600. The molecule has 0 aromatic carbocycles. The van der Waals surface area contributed by atoms with Gasteiger partial charge in [-0.05, 0) is 13.0 Å². The molecule has 1 unspecified atom stereocenters. The van der Waals surface area contributed by atoms with E-state index in [0.29, 0.717) is 13.0 Å². The average molecular weight is 158 g/mol. The summed E-state index contributed by atoms with van der Waals surface area (Å²) in [4.78, 5) is 0. The van der Waals surface area contributed by atoms with E-state index in [0.717, 1.165) is 0 Å². The second kappa shape index (κ2) is 2.57. The van der Waals surface area contributed by atoms with Crippen LogP contribution in [0.5, 0.6) is 0 Å². The van der Waals surface area contributed by atoms with Gasteiger partial charge in [-0.1, -0.05) is 6.58 Å². The molecule has 0 aliphatic carbocycles. The van der Waals surface area contributed by atoms with E-state index >= 15 is 0 Å². The standard InChI is InChI=1S/C5H6F4O/c1-3-4(2,6)10-5(7,8)9/h3H,1H2,2H3. The number of halogens is 4. The summed E-state index contributed by atoms with van der Waals surface area (Å²) in [5.74, 6) is -2.84. The molecule has 0 heterocycles. The molecule has 0 aliphatic heterocycles. The third-order valence-corrected chi connectivity index (χ3v) is 0.680. The molecule has 1 atom stereocenters. The van der Waals surface area contributed by atoms with Crippen LogP contribution >= 0.6 is 0 Å². The lowest BCUT2D eigenvalue weighted by atomic mass is 10.4. The summed E-state index contributed by atoms with van der Waals surface area (Å²) in [6, 6.07) is 0. The monoisotopic (exact) mass is 158 g/mol. The van der Waals surface area contributed by atoms with Gasteiger partial charge in [-0.15, -0.1) is 13.2 Å². The van der Waals surface area contributed by atoms with Gasteiger partial charge < -0.3 is 0 Å². The summed E-state index contributed by atoms with van der Waals surface area (Å²) in [6.07, 6.45) is -4.53. The summed E-state index contributed by atoms with van der Waals surface area (Å²) in [6.45, 7) is 3.44. The van der Waals surface area contributed by atoms with E-state index in [1.54, 1.807) is 0 Å². The molecule has 60 valence electrons. The number of hydrogen-bond donors (Lipinski definition) is 0. The molecule has 0 rings (SSSR count). The van der Waals surface area contributed by atoms with Gasteiger partial charge in [-0.25, -0.2) is 4.39 Å². The predicted octanol–water partition coefficient (Wildman–Crippen LogP) is 2.39. The quantitative estimate of drug-likeness (QED) is 0.443. The average Bonchev–Trinajstić information content (AvgIpc) is 1.60. The van der Waals surface area contributed by atoms with Gasteiger partial charge in [-0.2, -0.15) is 0 Å². The van der Waals surface area contributed by atoms with E-state index in [1.165, 1.54) is 0 Å². The summed E-state index contributed by atoms with van der Waals surface area (Å²) in [5.41, 5.74) is 0. The van der Waals surface area contributed by atoms with Gasteiger partial charge in [0, 0.05) is 0 Å². The normalized spacial score (nSPS) is 18.1. The first-order valence-electron chi connectivity index (χ1n) is 2.36. The molecule has 0 aromatic rings. The third kappa shape index (κ3) is 4.31. The summed E-state index contributed by atoms with van der Waals surface area (Å²) in [7, 11) is 0. The second-order valence-corrected chi connectivity index (χ2v) is 1.74. The van der Waals surface area contributed by atoms with Gasteiger partial charge in [0.1, 0.15) is 0 Å². The first kappa shape index (κ1) is 9.42. The molecule has 0 amide bonds. The SMILES string of the molecule is C=CC(C)(F)OC(F)(F)F. The summed E-state index contributed by atoms with van der Waals surface area (Å²) in [5, 5.41) is 0. The van der Waals surface area contributed by atoms with Gasteiger partial charge in [-0.3, -0.25) is 4.74 Å². The number of ether oxygens (including phenoxy) is 1. The first-order valence-corrected chi connectivity index (χ1v) is 2.36. The van der Waals surface area contributed by atoms with E-state index in [9.17, 15) is 17.6 Å². The van der Waals surface area contributed by atoms with Crippen molar-refractivity contribution in [1.29, 1.82) is 0 Å². The van der Waals surface area contributed by atoms with Crippen molar-refractivity contribution < 1.29 is 22.3 Å². The maximum atomic E-state index is 12.3. The highest BCUT2D eigenvalue weighted by Crippen LogP contribution is 2.26. The molecule has 10 heavy (non-hydrogen) atoms. The molecule has 0 bridgehead atoms. The van der Waals surface area contributed by atoms with Gasteiger partial charge in [0.2, 0.25) is 5.85 Å². The van der Waals surface area contributed by atoms with Crippen LogP contribution in [0.25, 0.3) is 0 Å². The van der Waals surface area contributed by atoms with Crippen molar-refractivity contribution in [2.75, 3.05) is 0 Å². The fourth-order valence-corrected chi connectivity index (χ4v) is 0.268. The van der Waals surface area contributed by atoms with Gasteiger partial charge in [0.25, 0.3) is 0 Å². The molecule has 0 spiro atoms. The Labute approximate surface area is 55.3 Å². The Balaban J connectivity index is 4.01. The zero-order valence-electron chi connectivity index (χ0n) is 5.20. The zero-order valence-corrected chi connectivity index (χ0v) is 5.20. The Morgan fingerprint density at radius 1 is 1.30 bits per heavy atom. The highest BCUT2D eigenvalue weighted by Gasteiger charge is 2.38. The zero-order chi connectivity index (χ0) is 8.41. The molecule has 0 radical (unpaired) electrons. The van der Waals surface area contributed by atoms with Crippen LogP contribution in [0.2, 0.25) is 0 Å². The van der Waals surface area contributed by atoms with E-state index < -0.39 is 12.2 Å². The molecule has 0 saturated carbocycles. The number of rotatable bonds is 2. The highest BCUT2D eigenvalue weighted by molar-refractivity contribution is 4.83. The second-order valence-electron chi connectivity index (χ2n) is 1.74. The highest BCUT2D eigenvalue weighted by atomic mass is 19.4. The Kier molecular flexibility index (Phi) is 2.42. The largest absolute Gasteiger partial charge is 0.525 e. The Hall–Kier alpha value is -0.580. The lowest BCUT2D eigenvalue weighted by Gasteiger charge is -2.17. The summed E-state index contributed by atoms with van der Waals surface area (Å²) < 4.78 is 48.9. The molecule has 0 aromatic heterocycles. The van der Waals surface area contributed by atoms with E-state index in [2.05, 4.69) is 11.3 Å². The van der Waals surface area contributed by atoms with E-state index in [1.807, 2.05) is 0 Å². The molecule has 0 aliphatic rings. The van der Waals surface area contributed by atoms with Gasteiger partial charge in [0.05, 0.1) is 0 Å². The molecule has 0 fully saturated rings.